The van der Waals surface area contributed by atoms with Crippen LogP contribution in [-0.4, -0.2) is 26.0 Å². The molecule has 2 amide bonds. The lowest BCUT2D eigenvalue weighted by atomic mass is 10.1. The van der Waals surface area contributed by atoms with Gasteiger partial charge in [0.1, 0.15) is 0 Å². The van der Waals surface area contributed by atoms with Gasteiger partial charge in [0.15, 0.2) is 11.5 Å². The summed E-state index contributed by atoms with van der Waals surface area (Å²) in [7, 11) is 2.98. The van der Waals surface area contributed by atoms with Crippen molar-refractivity contribution >= 4 is 17.5 Å². The maximum absolute atomic E-state index is 12.8. The summed E-state index contributed by atoms with van der Waals surface area (Å²) in [6.45, 7) is 0.395. The van der Waals surface area contributed by atoms with Crippen molar-refractivity contribution in [1.82, 2.24) is 5.32 Å². The maximum atomic E-state index is 12.8. The van der Waals surface area contributed by atoms with E-state index in [-0.39, 0.29) is 5.91 Å². The molecule has 29 heavy (non-hydrogen) atoms. The molecule has 6 heteroatoms. The Balaban J connectivity index is 1.79. The molecule has 0 saturated heterocycles. The van der Waals surface area contributed by atoms with Crippen molar-refractivity contribution in [3.8, 4) is 11.5 Å². The summed E-state index contributed by atoms with van der Waals surface area (Å²) >= 11 is 0. The zero-order valence-electron chi connectivity index (χ0n) is 16.3. The Labute approximate surface area is 169 Å². The summed E-state index contributed by atoms with van der Waals surface area (Å²) in [5, 5.41) is 5.67. The minimum Gasteiger partial charge on any atom is -0.493 e. The average Bonchev–Trinajstić information content (AvgIpc) is 2.77. The molecule has 0 aliphatic heterocycles. The molecule has 0 aliphatic rings. The second-order valence-corrected chi connectivity index (χ2v) is 6.21. The zero-order valence-corrected chi connectivity index (χ0v) is 16.3. The Kier molecular flexibility index (Phi) is 6.47. The number of carbonyl (C=O) groups is 2. The summed E-state index contributed by atoms with van der Waals surface area (Å²) in [6, 6.07) is 21.5. The van der Waals surface area contributed by atoms with Crippen molar-refractivity contribution in [2.75, 3.05) is 19.5 Å². The first-order chi connectivity index (χ1) is 14.1. The predicted molar refractivity (Wildman–Crippen MR) is 112 cm³/mol. The number of benzene rings is 3. The minimum absolute atomic E-state index is 0.276. The third-order valence-electron chi connectivity index (χ3n) is 4.36. The van der Waals surface area contributed by atoms with Crippen LogP contribution in [0.2, 0.25) is 0 Å². The Morgan fingerprint density at radius 2 is 1.45 bits per heavy atom. The fourth-order valence-corrected chi connectivity index (χ4v) is 2.92. The van der Waals surface area contributed by atoms with Crippen LogP contribution in [0.5, 0.6) is 11.5 Å². The van der Waals surface area contributed by atoms with Crippen LogP contribution in [0.3, 0.4) is 0 Å². The fourth-order valence-electron chi connectivity index (χ4n) is 2.92. The van der Waals surface area contributed by atoms with Crippen molar-refractivity contribution in [2.24, 2.45) is 0 Å². The summed E-state index contributed by atoms with van der Waals surface area (Å²) in [4.78, 5) is 25.5. The lowest BCUT2D eigenvalue weighted by Gasteiger charge is -2.14. The molecule has 0 aliphatic carbocycles. The number of para-hydroxylation sites is 2. The molecular weight excluding hydrogens is 368 g/mol. The lowest BCUT2D eigenvalue weighted by molar-refractivity contribution is 0.0952. The van der Waals surface area contributed by atoms with Gasteiger partial charge in [-0.2, -0.15) is 0 Å². The number of ether oxygens (including phenoxy) is 2. The third-order valence-corrected chi connectivity index (χ3v) is 4.36. The molecule has 0 atom stereocenters. The topological polar surface area (TPSA) is 76.7 Å². The van der Waals surface area contributed by atoms with Gasteiger partial charge in [-0.1, -0.05) is 48.5 Å². The second kappa shape index (κ2) is 9.41. The average molecular weight is 390 g/mol. The van der Waals surface area contributed by atoms with Crippen LogP contribution >= 0.6 is 0 Å². The third kappa shape index (κ3) is 4.73. The smallest absolute Gasteiger partial charge is 0.259 e. The van der Waals surface area contributed by atoms with E-state index >= 15 is 0 Å². The molecule has 0 unspecified atom stereocenters. The summed E-state index contributed by atoms with van der Waals surface area (Å²) in [5.41, 5.74) is 2.08. The predicted octanol–water partition coefficient (Wildman–Crippen LogP) is 3.89. The second-order valence-electron chi connectivity index (χ2n) is 6.21. The number of hydrogen-bond acceptors (Lipinski definition) is 4. The van der Waals surface area contributed by atoms with Crippen molar-refractivity contribution in [1.29, 1.82) is 0 Å². The molecule has 3 aromatic rings. The van der Waals surface area contributed by atoms with E-state index < -0.39 is 5.91 Å². The Hall–Kier alpha value is -3.80. The van der Waals surface area contributed by atoms with Crippen molar-refractivity contribution in [3.63, 3.8) is 0 Å². The highest BCUT2D eigenvalue weighted by molar-refractivity contribution is 6.10. The molecule has 3 rings (SSSR count). The van der Waals surface area contributed by atoms with Crippen molar-refractivity contribution in [2.45, 2.75) is 6.54 Å². The Bertz CT molecular complexity index is 1000. The van der Waals surface area contributed by atoms with E-state index in [1.54, 1.807) is 42.5 Å². The molecule has 0 heterocycles. The maximum Gasteiger partial charge on any atom is 0.259 e. The van der Waals surface area contributed by atoms with Gasteiger partial charge in [-0.15, -0.1) is 0 Å². The van der Waals surface area contributed by atoms with Crippen LogP contribution in [0, 0.1) is 0 Å². The molecule has 2 N–H and O–H groups in total. The highest BCUT2D eigenvalue weighted by atomic mass is 16.5. The number of methoxy groups -OCH3 is 2. The molecule has 0 radical (unpaired) electrons. The summed E-state index contributed by atoms with van der Waals surface area (Å²) in [6.07, 6.45) is 0. The van der Waals surface area contributed by atoms with E-state index in [9.17, 15) is 9.59 Å². The first-order valence-electron chi connectivity index (χ1n) is 9.07. The number of amides is 2. The van der Waals surface area contributed by atoms with Gasteiger partial charge in [0.2, 0.25) is 0 Å². The van der Waals surface area contributed by atoms with Crippen LogP contribution in [0.25, 0.3) is 0 Å². The fraction of sp³-hybridized carbons (Fsp3) is 0.130. The molecule has 0 fully saturated rings. The summed E-state index contributed by atoms with van der Waals surface area (Å²) < 4.78 is 10.6. The standard InChI is InChI=1S/C23H22N2O4/c1-28-20-14-8-12-18(21(20)29-2)23(27)25-19-13-7-6-11-17(19)22(26)24-15-16-9-4-3-5-10-16/h3-14H,15H2,1-2H3,(H,24,26)(H,25,27). The summed E-state index contributed by atoms with van der Waals surface area (Å²) in [5.74, 6) is 0.110. The molecule has 0 saturated carbocycles. The molecule has 0 aromatic heterocycles. The van der Waals surface area contributed by atoms with Crippen LogP contribution in [0.4, 0.5) is 5.69 Å². The first kappa shape index (κ1) is 19.9. The normalized spacial score (nSPS) is 10.1. The Morgan fingerprint density at radius 1 is 0.759 bits per heavy atom. The van der Waals surface area contributed by atoms with Crippen LogP contribution in [0.1, 0.15) is 26.3 Å². The van der Waals surface area contributed by atoms with Gasteiger partial charge >= 0.3 is 0 Å². The quantitative estimate of drug-likeness (QED) is 0.642. The van der Waals surface area contributed by atoms with E-state index in [0.717, 1.165) is 5.56 Å². The monoisotopic (exact) mass is 390 g/mol. The van der Waals surface area contributed by atoms with Gasteiger partial charge in [0, 0.05) is 6.54 Å². The zero-order chi connectivity index (χ0) is 20.6. The van der Waals surface area contributed by atoms with E-state index in [1.165, 1.54) is 14.2 Å². The Morgan fingerprint density at radius 3 is 2.17 bits per heavy atom. The highest BCUT2D eigenvalue weighted by Crippen LogP contribution is 2.31. The van der Waals surface area contributed by atoms with Crippen LogP contribution in [-0.2, 0) is 6.54 Å². The van der Waals surface area contributed by atoms with Gasteiger partial charge in [0.25, 0.3) is 11.8 Å². The molecule has 0 spiro atoms. The number of carbonyl (C=O) groups excluding carboxylic acids is 2. The van der Waals surface area contributed by atoms with Crippen molar-refractivity contribution in [3.05, 3.63) is 89.5 Å². The van der Waals surface area contributed by atoms with Gasteiger partial charge in [-0.3, -0.25) is 9.59 Å². The van der Waals surface area contributed by atoms with Gasteiger partial charge < -0.3 is 20.1 Å². The van der Waals surface area contributed by atoms with E-state index in [1.807, 2.05) is 30.3 Å². The number of anilines is 1. The highest BCUT2D eigenvalue weighted by Gasteiger charge is 2.19. The number of rotatable bonds is 7. The van der Waals surface area contributed by atoms with Gasteiger partial charge in [-0.25, -0.2) is 0 Å². The van der Waals surface area contributed by atoms with Crippen LogP contribution in [0.15, 0.2) is 72.8 Å². The van der Waals surface area contributed by atoms with Gasteiger partial charge in [-0.05, 0) is 29.8 Å². The largest absolute Gasteiger partial charge is 0.493 e. The number of nitrogens with one attached hydrogen (secondary N) is 2. The van der Waals surface area contributed by atoms with Gasteiger partial charge in [0.05, 0.1) is 31.0 Å². The number of hydrogen-bond donors (Lipinski definition) is 2. The van der Waals surface area contributed by atoms with Crippen LogP contribution < -0.4 is 20.1 Å². The van der Waals surface area contributed by atoms with E-state index in [4.69, 9.17) is 9.47 Å². The lowest BCUT2D eigenvalue weighted by Crippen LogP contribution is -2.25. The minimum atomic E-state index is -0.399. The molecule has 3 aromatic carbocycles. The van der Waals surface area contributed by atoms with E-state index in [0.29, 0.717) is 34.9 Å². The first-order valence-corrected chi connectivity index (χ1v) is 9.07. The SMILES string of the molecule is COc1cccc(C(=O)Nc2ccccc2C(=O)NCc2ccccc2)c1OC. The molecule has 6 nitrogen and oxygen atoms in total. The van der Waals surface area contributed by atoms with Crippen molar-refractivity contribution < 1.29 is 19.1 Å². The molecule has 148 valence electrons. The van der Waals surface area contributed by atoms with E-state index in [2.05, 4.69) is 10.6 Å². The molecule has 0 bridgehead atoms. The molecular formula is C23H22N2O4.